The number of aromatic nitrogens is 4. The molecule has 1 aromatic carbocycles. The minimum atomic E-state index is -1.30. The minimum Gasteiger partial charge on any atom is -0.496 e. The minimum absolute atomic E-state index is 0.0138. The average Bonchev–Trinajstić information content (AvgIpc) is 3.75. The van der Waals surface area contributed by atoms with Crippen molar-refractivity contribution in [2.45, 2.75) is 77.0 Å². The number of carbonyl (C=O) groups excluding carboxylic acids is 2. The molecule has 0 spiro atoms. The average molecular weight is 616 g/mol. The molecule has 10 nitrogen and oxygen atoms in total. The Morgan fingerprint density at radius 3 is 2.75 bits per heavy atom. The second kappa shape index (κ2) is 13.3. The molecule has 4 aromatic rings. The van der Waals surface area contributed by atoms with Crippen LogP contribution >= 0.6 is 0 Å². The molecule has 5 rings (SSSR count). The highest BCUT2D eigenvalue weighted by Crippen LogP contribution is 2.40. The van der Waals surface area contributed by atoms with Gasteiger partial charge in [0.2, 0.25) is 5.91 Å². The summed E-state index contributed by atoms with van der Waals surface area (Å²) in [6.45, 7) is 9.88. The number of Topliss-reactive ketones (excluding diaryl/α,β-unsaturated/α-hetero) is 1. The number of carbonyl (C=O) groups is 2. The highest BCUT2D eigenvalue weighted by Gasteiger charge is 2.42. The van der Waals surface area contributed by atoms with Crippen LogP contribution in [0.3, 0.4) is 0 Å². The molecule has 4 heterocycles. The highest BCUT2D eigenvalue weighted by molar-refractivity contribution is 6.76. The summed E-state index contributed by atoms with van der Waals surface area (Å²) in [6, 6.07) is 10.7. The Bertz CT molecular complexity index is 1660. The molecule has 3 aromatic heterocycles. The summed E-state index contributed by atoms with van der Waals surface area (Å²) in [5.41, 5.74) is 3.12. The second-order valence-electron chi connectivity index (χ2n) is 12.6. The molecule has 0 bridgehead atoms. The van der Waals surface area contributed by atoms with E-state index < -0.39 is 13.6 Å². The van der Waals surface area contributed by atoms with Gasteiger partial charge in [0.15, 0.2) is 5.78 Å². The van der Waals surface area contributed by atoms with Gasteiger partial charge in [0, 0.05) is 56.3 Å². The number of pyridine rings is 1. The highest BCUT2D eigenvalue weighted by atomic mass is 28.3. The summed E-state index contributed by atoms with van der Waals surface area (Å²) in [7, 11) is 0.359. The van der Waals surface area contributed by atoms with Crippen molar-refractivity contribution in [3.8, 4) is 17.0 Å². The predicted octanol–water partition coefficient (Wildman–Crippen LogP) is 6.43. The molecule has 232 valence electrons. The van der Waals surface area contributed by atoms with Crippen molar-refractivity contribution in [2.75, 3.05) is 13.7 Å². The maximum absolute atomic E-state index is 12.7. The lowest BCUT2D eigenvalue weighted by Gasteiger charge is -2.29. The van der Waals surface area contributed by atoms with Crippen molar-refractivity contribution in [1.82, 2.24) is 25.0 Å². The molecular weight excluding hydrogens is 574 g/mol. The standard InChI is InChI=1S/C33H41N5O5Si/c1-23-10-11-24-19-25(30(41-2)20-27(24)35-23)28-21-34-32(38(28)22-42-17-18-44(3,4)5)33(15-12-31(40)36-33)14-8-6-7-9-29(39)26-13-16-43-37-26/h6,8,10-11,13,16,19-21H,7,9,12,14-15,17-18,22H2,1-5H3,(H,36,40)/b8-6+. The van der Waals surface area contributed by atoms with E-state index in [-0.39, 0.29) is 18.4 Å². The molecule has 1 amide bonds. The Balaban J connectivity index is 1.48. The quantitative estimate of drug-likeness (QED) is 0.0746. The van der Waals surface area contributed by atoms with Crippen LogP contribution in [0, 0.1) is 6.92 Å². The van der Waals surface area contributed by atoms with E-state index in [1.54, 1.807) is 13.2 Å². The lowest BCUT2D eigenvalue weighted by molar-refractivity contribution is -0.119. The molecule has 1 saturated heterocycles. The normalized spacial score (nSPS) is 17.1. The van der Waals surface area contributed by atoms with Gasteiger partial charge in [-0.05, 0) is 44.4 Å². The van der Waals surface area contributed by atoms with Gasteiger partial charge in [0.05, 0.1) is 24.5 Å². The fourth-order valence-corrected chi connectivity index (χ4v) is 6.25. The zero-order chi connectivity index (χ0) is 31.3. The number of hydrogen-bond acceptors (Lipinski definition) is 8. The van der Waals surface area contributed by atoms with E-state index in [4.69, 9.17) is 19.0 Å². The molecule has 0 saturated carbocycles. The molecule has 1 N–H and O–H groups in total. The van der Waals surface area contributed by atoms with E-state index >= 15 is 0 Å². The van der Waals surface area contributed by atoms with Gasteiger partial charge in [-0.2, -0.15) is 0 Å². The monoisotopic (exact) mass is 615 g/mol. The van der Waals surface area contributed by atoms with E-state index in [2.05, 4.69) is 51.8 Å². The van der Waals surface area contributed by atoms with Crippen molar-refractivity contribution < 1.29 is 23.6 Å². The van der Waals surface area contributed by atoms with Gasteiger partial charge < -0.3 is 23.9 Å². The van der Waals surface area contributed by atoms with Crippen LogP contribution in [-0.4, -0.2) is 53.2 Å². The van der Waals surface area contributed by atoms with Gasteiger partial charge in [0.1, 0.15) is 35.8 Å². The van der Waals surface area contributed by atoms with Crippen molar-refractivity contribution >= 4 is 30.7 Å². The number of aryl methyl sites for hydroxylation is 1. The van der Waals surface area contributed by atoms with Gasteiger partial charge in [-0.3, -0.25) is 14.6 Å². The number of fused-ring (bicyclic) bond motifs is 1. The number of ether oxygens (including phenoxy) is 2. The second-order valence-corrected chi connectivity index (χ2v) is 18.2. The number of methoxy groups -OCH3 is 1. The Morgan fingerprint density at radius 1 is 1.20 bits per heavy atom. The first-order valence-corrected chi connectivity index (χ1v) is 18.8. The lowest BCUT2D eigenvalue weighted by Crippen LogP contribution is -2.41. The summed E-state index contributed by atoms with van der Waals surface area (Å²) in [6.07, 6.45) is 9.64. The Hall–Kier alpha value is -4.09. The molecule has 44 heavy (non-hydrogen) atoms. The predicted molar refractivity (Wildman–Crippen MR) is 171 cm³/mol. The van der Waals surface area contributed by atoms with Crippen LogP contribution in [-0.2, 0) is 21.8 Å². The number of nitrogens with one attached hydrogen (secondary N) is 1. The molecule has 1 atom stereocenters. The number of nitrogens with zero attached hydrogens (tertiary/aromatic N) is 4. The van der Waals surface area contributed by atoms with Crippen molar-refractivity contribution in [3.63, 3.8) is 0 Å². The Morgan fingerprint density at radius 2 is 2.05 bits per heavy atom. The van der Waals surface area contributed by atoms with Crippen molar-refractivity contribution in [2.24, 2.45) is 0 Å². The van der Waals surface area contributed by atoms with Crippen LogP contribution in [0.1, 0.15) is 54.1 Å². The van der Waals surface area contributed by atoms with Gasteiger partial charge in [-0.15, -0.1) is 0 Å². The summed E-state index contributed by atoms with van der Waals surface area (Å²) in [5, 5.41) is 7.95. The van der Waals surface area contributed by atoms with Crippen molar-refractivity contribution in [1.29, 1.82) is 0 Å². The molecule has 0 radical (unpaired) electrons. The third-order valence-corrected chi connectivity index (χ3v) is 9.68. The Kier molecular flexibility index (Phi) is 9.45. The molecule has 1 aliphatic heterocycles. The molecular formula is C33H41N5O5Si. The first-order chi connectivity index (χ1) is 21.1. The third kappa shape index (κ3) is 7.16. The first-order valence-electron chi connectivity index (χ1n) is 15.1. The zero-order valence-electron chi connectivity index (χ0n) is 26.2. The first kappa shape index (κ1) is 31.3. The van der Waals surface area contributed by atoms with Crippen LogP contribution in [0.15, 0.2) is 59.5 Å². The van der Waals surface area contributed by atoms with E-state index in [0.29, 0.717) is 50.2 Å². The van der Waals surface area contributed by atoms with Crippen LogP contribution in [0.4, 0.5) is 0 Å². The number of allylic oxidation sites excluding steroid dienone is 1. The van der Waals surface area contributed by atoms with Gasteiger partial charge >= 0.3 is 0 Å². The number of benzene rings is 1. The fourth-order valence-electron chi connectivity index (χ4n) is 5.49. The third-order valence-electron chi connectivity index (χ3n) is 7.98. The number of amides is 1. The maximum atomic E-state index is 12.7. The molecule has 1 aliphatic rings. The molecule has 11 heteroatoms. The number of hydrogen-bond donors (Lipinski definition) is 1. The van der Waals surface area contributed by atoms with Crippen LogP contribution < -0.4 is 10.1 Å². The van der Waals surface area contributed by atoms with E-state index in [1.165, 1.54) is 6.26 Å². The molecule has 1 fully saturated rings. The smallest absolute Gasteiger partial charge is 0.220 e. The molecule has 1 unspecified atom stereocenters. The van der Waals surface area contributed by atoms with Gasteiger partial charge in [-0.1, -0.05) is 43.0 Å². The maximum Gasteiger partial charge on any atom is 0.220 e. The van der Waals surface area contributed by atoms with Crippen LogP contribution in [0.2, 0.25) is 25.7 Å². The topological polar surface area (TPSA) is 121 Å². The lowest BCUT2D eigenvalue weighted by atomic mass is 9.91. The largest absolute Gasteiger partial charge is 0.496 e. The van der Waals surface area contributed by atoms with E-state index in [0.717, 1.165) is 39.7 Å². The summed E-state index contributed by atoms with van der Waals surface area (Å²) >= 11 is 0. The number of rotatable bonds is 14. The number of imidazole rings is 1. The van der Waals surface area contributed by atoms with Crippen LogP contribution in [0.5, 0.6) is 5.75 Å². The van der Waals surface area contributed by atoms with Gasteiger partial charge in [0.25, 0.3) is 0 Å². The summed E-state index contributed by atoms with van der Waals surface area (Å²) in [5.74, 6) is 1.34. The van der Waals surface area contributed by atoms with Gasteiger partial charge in [-0.25, -0.2) is 4.98 Å². The molecule has 0 aliphatic carbocycles. The van der Waals surface area contributed by atoms with E-state index in [9.17, 15) is 9.59 Å². The summed E-state index contributed by atoms with van der Waals surface area (Å²) < 4.78 is 19.0. The SMILES string of the molecule is COc1cc2nc(C)ccc2cc1-c1cnc(C2(C/C=C/CCC(=O)c3ccon3)CCC(=O)N2)n1COCC[Si](C)(C)C. The zero-order valence-corrected chi connectivity index (χ0v) is 27.2. The summed E-state index contributed by atoms with van der Waals surface area (Å²) in [4.78, 5) is 34.6. The number of ketones is 1. The van der Waals surface area contributed by atoms with E-state index in [1.807, 2.05) is 37.4 Å². The Labute approximate surface area is 258 Å². The van der Waals surface area contributed by atoms with Crippen LogP contribution in [0.25, 0.3) is 22.2 Å². The fraction of sp³-hybridized carbons (Fsp3) is 0.424. The van der Waals surface area contributed by atoms with Crippen molar-refractivity contribution in [3.05, 3.63) is 72.2 Å².